The van der Waals surface area contributed by atoms with Crippen molar-refractivity contribution in [2.45, 2.75) is 46.3 Å². The van der Waals surface area contributed by atoms with E-state index in [1.165, 1.54) is 0 Å². The van der Waals surface area contributed by atoms with Gasteiger partial charge in [0.25, 0.3) is 0 Å². The van der Waals surface area contributed by atoms with E-state index in [4.69, 9.17) is 9.47 Å². The summed E-state index contributed by atoms with van der Waals surface area (Å²) < 4.78 is 11.1. The summed E-state index contributed by atoms with van der Waals surface area (Å²) in [7, 11) is 0. The smallest absolute Gasteiger partial charge is 0.316 e. The number of nitrogens with zero attached hydrogens (tertiary/aromatic N) is 2. The van der Waals surface area contributed by atoms with Gasteiger partial charge in [0.05, 0.1) is 13.2 Å². The van der Waals surface area contributed by atoms with E-state index in [2.05, 4.69) is 29.1 Å². The van der Waals surface area contributed by atoms with Crippen LogP contribution in [0.3, 0.4) is 0 Å². The second kappa shape index (κ2) is 7.55. The molecule has 1 saturated heterocycles. The van der Waals surface area contributed by atoms with Gasteiger partial charge in [0, 0.05) is 36.8 Å². The Morgan fingerprint density at radius 2 is 2.15 bits per heavy atom. The van der Waals surface area contributed by atoms with E-state index in [9.17, 15) is 0 Å². The van der Waals surface area contributed by atoms with Crippen molar-refractivity contribution in [1.29, 1.82) is 0 Å². The van der Waals surface area contributed by atoms with E-state index in [0.29, 0.717) is 11.9 Å². The molecule has 5 nitrogen and oxygen atoms in total. The lowest BCUT2D eigenvalue weighted by molar-refractivity contribution is 0.0216. The third kappa shape index (κ3) is 4.72. The number of ether oxygens (including phenoxy) is 2. The van der Waals surface area contributed by atoms with E-state index in [1.54, 1.807) is 0 Å². The fraction of sp³-hybridized carbons (Fsp3) is 0.733. The lowest BCUT2D eigenvalue weighted by Crippen LogP contribution is -2.26. The van der Waals surface area contributed by atoms with Gasteiger partial charge in [-0.1, -0.05) is 13.8 Å². The number of aromatic nitrogens is 2. The van der Waals surface area contributed by atoms with Gasteiger partial charge in [-0.15, -0.1) is 0 Å². The van der Waals surface area contributed by atoms with E-state index in [1.807, 2.05) is 13.1 Å². The quantitative estimate of drug-likeness (QED) is 0.864. The Morgan fingerprint density at radius 3 is 2.80 bits per heavy atom. The number of hydrogen-bond donors (Lipinski definition) is 1. The van der Waals surface area contributed by atoms with Gasteiger partial charge in [0.1, 0.15) is 6.10 Å². The molecule has 1 aliphatic rings. The fourth-order valence-electron chi connectivity index (χ4n) is 2.14. The second-order valence-corrected chi connectivity index (χ2v) is 5.72. The molecule has 1 aromatic rings. The van der Waals surface area contributed by atoms with Crippen LogP contribution in [0.15, 0.2) is 6.20 Å². The minimum atomic E-state index is 0.188. The number of nitrogens with one attached hydrogen (secondary N) is 1. The Kier molecular flexibility index (Phi) is 5.73. The first-order valence-electron chi connectivity index (χ1n) is 7.42. The first kappa shape index (κ1) is 15.2. The van der Waals surface area contributed by atoms with Crippen LogP contribution in [-0.4, -0.2) is 35.8 Å². The number of hydrogen-bond acceptors (Lipinski definition) is 5. The van der Waals surface area contributed by atoms with Gasteiger partial charge in [-0.25, -0.2) is 9.97 Å². The lowest BCUT2D eigenvalue weighted by Gasteiger charge is -2.22. The summed E-state index contributed by atoms with van der Waals surface area (Å²) in [5.41, 5.74) is 2.11. The van der Waals surface area contributed by atoms with Crippen molar-refractivity contribution in [2.75, 3.05) is 19.8 Å². The Hall–Kier alpha value is -1.20. The molecule has 2 rings (SSSR count). The van der Waals surface area contributed by atoms with Crippen LogP contribution in [-0.2, 0) is 11.3 Å². The first-order valence-corrected chi connectivity index (χ1v) is 7.42. The van der Waals surface area contributed by atoms with Crippen molar-refractivity contribution in [2.24, 2.45) is 5.92 Å². The van der Waals surface area contributed by atoms with Gasteiger partial charge in [0.2, 0.25) is 0 Å². The van der Waals surface area contributed by atoms with Crippen LogP contribution in [0.4, 0.5) is 0 Å². The average Bonchev–Trinajstić information content (AvgIpc) is 2.42. The zero-order valence-electron chi connectivity index (χ0n) is 12.7. The van der Waals surface area contributed by atoms with Crippen molar-refractivity contribution in [3.8, 4) is 6.01 Å². The van der Waals surface area contributed by atoms with Crippen molar-refractivity contribution < 1.29 is 9.47 Å². The molecule has 0 unspecified atom stereocenters. The molecule has 0 aliphatic carbocycles. The highest BCUT2D eigenvalue weighted by molar-refractivity contribution is 5.17. The zero-order valence-corrected chi connectivity index (χ0v) is 12.7. The molecule has 0 spiro atoms. The lowest BCUT2D eigenvalue weighted by atomic mass is 10.2. The van der Waals surface area contributed by atoms with Crippen LogP contribution in [0.2, 0.25) is 0 Å². The molecule has 1 aliphatic heterocycles. The molecule has 0 amide bonds. The zero-order chi connectivity index (χ0) is 14.4. The summed E-state index contributed by atoms with van der Waals surface area (Å²) >= 11 is 0. The van der Waals surface area contributed by atoms with Crippen molar-refractivity contribution in [3.05, 3.63) is 17.5 Å². The highest BCUT2D eigenvalue weighted by atomic mass is 16.5. The van der Waals surface area contributed by atoms with Gasteiger partial charge in [0.15, 0.2) is 0 Å². The van der Waals surface area contributed by atoms with E-state index < -0.39 is 0 Å². The third-order valence-electron chi connectivity index (χ3n) is 3.37. The molecular formula is C15H25N3O2. The first-order chi connectivity index (χ1) is 9.65. The maximum Gasteiger partial charge on any atom is 0.316 e. The summed E-state index contributed by atoms with van der Waals surface area (Å²) in [4.78, 5) is 8.77. The molecule has 20 heavy (non-hydrogen) atoms. The van der Waals surface area contributed by atoms with Crippen LogP contribution >= 0.6 is 0 Å². The van der Waals surface area contributed by atoms with Gasteiger partial charge in [-0.2, -0.15) is 0 Å². The Bertz CT molecular complexity index is 418. The molecule has 5 heteroatoms. The summed E-state index contributed by atoms with van der Waals surface area (Å²) in [6.07, 6.45) is 3.89. The molecule has 1 N–H and O–H groups in total. The molecule has 0 aromatic carbocycles. The van der Waals surface area contributed by atoms with Gasteiger partial charge < -0.3 is 14.8 Å². The molecule has 0 atom stereocenters. The minimum absolute atomic E-state index is 0.188. The minimum Gasteiger partial charge on any atom is -0.460 e. The summed E-state index contributed by atoms with van der Waals surface area (Å²) in [6.45, 7) is 9.73. The van der Waals surface area contributed by atoms with Crippen LogP contribution in [0.1, 0.15) is 37.9 Å². The van der Waals surface area contributed by atoms with Crippen LogP contribution < -0.4 is 10.1 Å². The maximum atomic E-state index is 5.81. The molecule has 112 valence electrons. The Morgan fingerprint density at radius 1 is 1.40 bits per heavy atom. The summed E-state index contributed by atoms with van der Waals surface area (Å²) in [6, 6.07) is 0.488. The van der Waals surface area contributed by atoms with E-state index in [0.717, 1.165) is 50.4 Å². The SMILES string of the molecule is Cc1nc(OC2CCOCC2)ncc1CNCC(C)C. The molecule has 1 fully saturated rings. The van der Waals surface area contributed by atoms with Crippen molar-refractivity contribution in [3.63, 3.8) is 0 Å². The Labute approximate surface area is 121 Å². The van der Waals surface area contributed by atoms with Crippen molar-refractivity contribution >= 4 is 0 Å². The largest absolute Gasteiger partial charge is 0.460 e. The van der Waals surface area contributed by atoms with E-state index >= 15 is 0 Å². The van der Waals surface area contributed by atoms with Crippen LogP contribution in [0.5, 0.6) is 6.01 Å². The van der Waals surface area contributed by atoms with Crippen LogP contribution in [0, 0.1) is 12.8 Å². The molecule has 0 bridgehead atoms. The predicted octanol–water partition coefficient (Wildman–Crippen LogP) is 2.09. The fourth-order valence-corrected chi connectivity index (χ4v) is 2.14. The summed E-state index contributed by atoms with van der Waals surface area (Å²) in [5.74, 6) is 0.646. The van der Waals surface area contributed by atoms with Gasteiger partial charge >= 0.3 is 6.01 Å². The molecule has 0 saturated carbocycles. The van der Waals surface area contributed by atoms with Gasteiger partial charge in [-0.05, 0) is 19.4 Å². The highest BCUT2D eigenvalue weighted by Gasteiger charge is 2.16. The molecule has 1 aromatic heterocycles. The van der Waals surface area contributed by atoms with Gasteiger partial charge in [-0.3, -0.25) is 0 Å². The molecular weight excluding hydrogens is 254 g/mol. The number of aryl methyl sites for hydroxylation is 1. The molecule has 0 radical (unpaired) electrons. The topological polar surface area (TPSA) is 56.3 Å². The van der Waals surface area contributed by atoms with Crippen LogP contribution in [0.25, 0.3) is 0 Å². The maximum absolute atomic E-state index is 5.81. The Balaban J connectivity index is 1.87. The number of rotatable bonds is 6. The third-order valence-corrected chi connectivity index (χ3v) is 3.37. The second-order valence-electron chi connectivity index (χ2n) is 5.72. The van der Waals surface area contributed by atoms with Crippen molar-refractivity contribution in [1.82, 2.24) is 15.3 Å². The average molecular weight is 279 g/mol. The van der Waals surface area contributed by atoms with E-state index in [-0.39, 0.29) is 6.10 Å². The molecule has 2 heterocycles. The normalized spacial score (nSPS) is 16.6. The highest BCUT2D eigenvalue weighted by Crippen LogP contribution is 2.15. The standard InChI is InChI=1S/C15H25N3O2/c1-11(2)8-16-9-13-10-17-15(18-12(13)3)20-14-4-6-19-7-5-14/h10-11,14,16H,4-9H2,1-3H3. The monoisotopic (exact) mass is 279 g/mol. The summed E-state index contributed by atoms with van der Waals surface area (Å²) in [5, 5.41) is 3.41. The predicted molar refractivity (Wildman–Crippen MR) is 77.8 cm³/mol.